The second-order valence-electron chi connectivity index (χ2n) is 7.14. The highest BCUT2D eigenvalue weighted by molar-refractivity contribution is 14.0. The lowest BCUT2D eigenvalue weighted by Gasteiger charge is -2.22. The Morgan fingerprint density at radius 1 is 1.21 bits per heavy atom. The average molecular weight is 522 g/mol. The van der Waals surface area contributed by atoms with Crippen molar-refractivity contribution in [1.82, 2.24) is 25.0 Å². The summed E-state index contributed by atoms with van der Waals surface area (Å²) in [4.78, 5) is 8.57. The maximum atomic E-state index is 4.89. The summed E-state index contributed by atoms with van der Waals surface area (Å²) in [5, 5.41) is 14.1. The zero-order chi connectivity index (χ0) is 19.3. The molecule has 0 spiro atoms. The Balaban J connectivity index is 0.00000240. The summed E-state index contributed by atoms with van der Waals surface area (Å²) < 4.78 is 2.00. The van der Waals surface area contributed by atoms with Crippen LogP contribution in [0.2, 0.25) is 0 Å². The summed E-state index contributed by atoms with van der Waals surface area (Å²) in [5.41, 5.74) is 1.41. The molecular weight excluding hydrogens is 495 g/mol. The Kier molecular flexibility index (Phi) is 7.65. The van der Waals surface area contributed by atoms with Crippen LogP contribution in [0.1, 0.15) is 34.4 Å². The van der Waals surface area contributed by atoms with Crippen LogP contribution < -0.4 is 5.32 Å². The molecule has 1 aliphatic heterocycles. The van der Waals surface area contributed by atoms with Gasteiger partial charge in [-0.1, -0.05) is 36.4 Å². The Hall–Kier alpha value is -1.94. The fourth-order valence-electron chi connectivity index (χ4n) is 3.53. The number of halogens is 1. The van der Waals surface area contributed by atoms with Gasteiger partial charge in [-0.3, -0.25) is 0 Å². The van der Waals surface area contributed by atoms with E-state index in [0.717, 1.165) is 43.7 Å². The molecule has 8 heteroatoms. The Morgan fingerprint density at radius 2 is 2.03 bits per heavy atom. The summed E-state index contributed by atoms with van der Waals surface area (Å²) in [6.07, 6.45) is 1.15. The standard InChI is InChI=1S/C21H26N6S.HI/c1-16-24-25-20(26(16)2)14-23-21(22-13-19-9-6-12-28-19)27-11-10-18(15-27)17-7-4-3-5-8-17;/h3-9,12,18H,10-11,13-15H2,1-2H3,(H,22,23);1H. The summed E-state index contributed by atoms with van der Waals surface area (Å²) in [5.74, 6) is 3.29. The summed E-state index contributed by atoms with van der Waals surface area (Å²) in [6, 6.07) is 15.0. The lowest BCUT2D eigenvalue weighted by atomic mass is 9.99. The molecule has 1 aliphatic rings. The smallest absolute Gasteiger partial charge is 0.194 e. The number of thiophene rings is 1. The first kappa shape index (κ1) is 21.8. The molecule has 3 aromatic rings. The molecule has 1 unspecified atom stereocenters. The molecule has 2 aromatic heterocycles. The predicted molar refractivity (Wildman–Crippen MR) is 129 cm³/mol. The van der Waals surface area contributed by atoms with Crippen LogP contribution in [-0.2, 0) is 20.1 Å². The summed E-state index contributed by atoms with van der Waals surface area (Å²) in [7, 11) is 1.99. The fourth-order valence-corrected chi connectivity index (χ4v) is 4.18. The van der Waals surface area contributed by atoms with Crippen molar-refractivity contribution in [3.63, 3.8) is 0 Å². The molecule has 0 radical (unpaired) electrons. The van der Waals surface area contributed by atoms with Gasteiger partial charge in [0.1, 0.15) is 12.4 Å². The largest absolute Gasteiger partial charge is 0.351 e. The van der Waals surface area contributed by atoms with Gasteiger partial charge in [0.25, 0.3) is 0 Å². The van der Waals surface area contributed by atoms with Crippen LogP contribution in [0.25, 0.3) is 0 Å². The molecule has 154 valence electrons. The third-order valence-corrected chi connectivity index (χ3v) is 6.19. The lowest BCUT2D eigenvalue weighted by Crippen LogP contribution is -2.39. The molecule has 1 N–H and O–H groups in total. The number of aliphatic imine (C=N–C) groups is 1. The van der Waals surface area contributed by atoms with Gasteiger partial charge in [0.05, 0.1) is 6.54 Å². The van der Waals surface area contributed by atoms with Gasteiger partial charge in [-0.15, -0.1) is 45.5 Å². The number of aromatic nitrogens is 3. The van der Waals surface area contributed by atoms with E-state index in [0.29, 0.717) is 12.5 Å². The van der Waals surface area contributed by atoms with Crippen molar-refractivity contribution in [3.8, 4) is 0 Å². The zero-order valence-electron chi connectivity index (χ0n) is 16.8. The van der Waals surface area contributed by atoms with Crippen LogP contribution in [-0.4, -0.2) is 38.7 Å². The average Bonchev–Trinajstić information content (AvgIpc) is 3.47. The Bertz CT molecular complexity index is 922. The van der Waals surface area contributed by atoms with Crippen molar-refractivity contribution in [1.29, 1.82) is 0 Å². The molecule has 0 bridgehead atoms. The van der Waals surface area contributed by atoms with Crippen LogP contribution >= 0.6 is 35.3 Å². The number of likely N-dealkylation sites (tertiary alicyclic amines) is 1. The van der Waals surface area contributed by atoms with Crippen molar-refractivity contribution in [3.05, 3.63) is 69.9 Å². The van der Waals surface area contributed by atoms with Gasteiger partial charge in [-0.25, -0.2) is 4.99 Å². The van der Waals surface area contributed by atoms with Crippen LogP contribution in [0, 0.1) is 6.92 Å². The molecule has 0 aliphatic carbocycles. The van der Waals surface area contributed by atoms with E-state index < -0.39 is 0 Å². The second kappa shape index (κ2) is 10.2. The van der Waals surface area contributed by atoms with Crippen molar-refractivity contribution in [2.24, 2.45) is 12.0 Å². The highest BCUT2D eigenvalue weighted by atomic mass is 127. The van der Waals surface area contributed by atoms with Crippen LogP contribution in [0.15, 0.2) is 52.8 Å². The number of hydrogen-bond donors (Lipinski definition) is 1. The van der Waals surface area contributed by atoms with Gasteiger partial charge in [0, 0.05) is 30.9 Å². The summed E-state index contributed by atoms with van der Waals surface area (Å²) in [6.45, 7) is 5.27. The van der Waals surface area contributed by atoms with E-state index >= 15 is 0 Å². The topological polar surface area (TPSA) is 58.3 Å². The minimum Gasteiger partial charge on any atom is -0.351 e. The van der Waals surface area contributed by atoms with Gasteiger partial charge in [-0.2, -0.15) is 0 Å². The lowest BCUT2D eigenvalue weighted by molar-refractivity contribution is 0.483. The first-order valence-electron chi connectivity index (χ1n) is 9.66. The van der Waals surface area contributed by atoms with Gasteiger partial charge < -0.3 is 14.8 Å². The minimum atomic E-state index is 0. The van der Waals surface area contributed by atoms with Crippen molar-refractivity contribution in [2.45, 2.75) is 32.4 Å². The minimum absolute atomic E-state index is 0. The predicted octanol–water partition coefficient (Wildman–Crippen LogP) is 3.94. The maximum Gasteiger partial charge on any atom is 0.194 e. The normalized spacial score (nSPS) is 16.7. The van der Waals surface area contributed by atoms with Gasteiger partial charge in [0.15, 0.2) is 11.8 Å². The van der Waals surface area contributed by atoms with Crippen molar-refractivity contribution >= 4 is 41.3 Å². The van der Waals surface area contributed by atoms with Gasteiger partial charge >= 0.3 is 0 Å². The van der Waals surface area contributed by atoms with E-state index in [2.05, 4.69) is 68.3 Å². The number of nitrogens with one attached hydrogen (secondary N) is 1. The Labute approximate surface area is 193 Å². The molecule has 0 amide bonds. The first-order valence-corrected chi connectivity index (χ1v) is 10.5. The van der Waals surface area contributed by atoms with Gasteiger partial charge in [0.2, 0.25) is 0 Å². The number of benzene rings is 1. The SMILES string of the molecule is Cc1nnc(CN=C(NCc2cccs2)N2CCC(c3ccccc3)C2)n1C.I. The van der Waals surface area contributed by atoms with Crippen LogP contribution in [0.4, 0.5) is 0 Å². The van der Waals surface area contributed by atoms with E-state index in [9.17, 15) is 0 Å². The van der Waals surface area contributed by atoms with Crippen molar-refractivity contribution in [2.75, 3.05) is 13.1 Å². The quantitative estimate of drug-likeness (QED) is 0.314. The summed E-state index contributed by atoms with van der Waals surface area (Å²) >= 11 is 1.76. The third-order valence-electron chi connectivity index (χ3n) is 5.31. The van der Waals surface area contributed by atoms with Crippen LogP contribution in [0.3, 0.4) is 0 Å². The monoisotopic (exact) mass is 522 g/mol. The zero-order valence-corrected chi connectivity index (χ0v) is 19.9. The van der Waals surface area contributed by atoms with E-state index in [1.54, 1.807) is 11.3 Å². The van der Waals surface area contributed by atoms with E-state index in [1.165, 1.54) is 10.4 Å². The second-order valence-corrected chi connectivity index (χ2v) is 8.17. The number of rotatable bonds is 5. The maximum absolute atomic E-state index is 4.89. The van der Waals surface area contributed by atoms with Crippen LogP contribution in [0.5, 0.6) is 0 Å². The molecule has 3 heterocycles. The molecule has 1 fully saturated rings. The first-order chi connectivity index (χ1) is 13.7. The molecule has 29 heavy (non-hydrogen) atoms. The molecule has 0 saturated carbocycles. The molecule has 1 saturated heterocycles. The number of hydrogen-bond acceptors (Lipinski definition) is 4. The molecule has 1 atom stereocenters. The molecule has 1 aromatic carbocycles. The van der Waals surface area contributed by atoms with E-state index in [1.807, 2.05) is 18.5 Å². The fraction of sp³-hybridized carbons (Fsp3) is 0.381. The Morgan fingerprint density at radius 3 is 2.72 bits per heavy atom. The highest BCUT2D eigenvalue weighted by Gasteiger charge is 2.26. The third kappa shape index (κ3) is 5.36. The van der Waals surface area contributed by atoms with E-state index in [-0.39, 0.29) is 24.0 Å². The van der Waals surface area contributed by atoms with Gasteiger partial charge in [-0.05, 0) is 30.4 Å². The number of guanidine groups is 1. The number of nitrogens with zero attached hydrogens (tertiary/aromatic N) is 5. The van der Waals surface area contributed by atoms with Crippen molar-refractivity contribution < 1.29 is 0 Å². The number of aryl methyl sites for hydroxylation is 1. The molecule has 4 rings (SSSR count). The highest BCUT2D eigenvalue weighted by Crippen LogP contribution is 2.27. The van der Waals surface area contributed by atoms with E-state index in [4.69, 9.17) is 4.99 Å². The molecule has 6 nitrogen and oxygen atoms in total. The molecular formula is C21H27IN6S.